The molecule has 15 heteroatoms. The quantitative estimate of drug-likeness (QED) is 0.256. The molecular weight excluding hydrogens is 743 g/mol. The lowest BCUT2D eigenvalue weighted by atomic mass is 9.73. The van der Waals surface area contributed by atoms with Crippen molar-refractivity contribution in [3.8, 4) is 40.2 Å². The summed E-state index contributed by atoms with van der Waals surface area (Å²) in [5.74, 6) is 1.10. The molecule has 14 nitrogen and oxygen atoms in total. The van der Waals surface area contributed by atoms with E-state index in [1.807, 2.05) is 38.8 Å². The first-order valence-corrected chi connectivity index (χ1v) is 20.1. The number of nitrogens with zero attached hydrogens (tertiary/aromatic N) is 3. The Morgan fingerprint density at radius 2 is 1.79 bits per heavy atom. The summed E-state index contributed by atoms with van der Waals surface area (Å²) in [5.41, 5.74) is 4.53. The fourth-order valence-electron chi connectivity index (χ4n) is 10.6. The molecule has 7 heterocycles. The van der Waals surface area contributed by atoms with Crippen molar-refractivity contribution < 1.29 is 53.3 Å². The zero-order chi connectivity index (χ0) is 39.5. The molecule has 0 amide bonds. The average Bonchev–Trinajstić information content (AvgIpc) is 3.66. The number of methoxy groups -OCH3 is 2. The van der Waals surface area contributed by atoms with Gasteiger partial charge in [0.2, 0.25) is 6.79 Å². The van der Waals surface area contributed by atoms with Crippen LogP contribution in [-0.2, 0) is 32.7 Å². The van der Waals surface area contributed by atoms with Crippen LogP contribution in [0.1, 0.15) is 75.7 Å². The Labute approximate surface area is 329 Å². The van der Waals surface area contributed by atoms with E-state index in [4.69, 9.17) is 28.4 Å². The van der Waals surface area contributed by atoms with Gasteiger partial charge in [-0.05, 0) is 74.7 Å². The molecule has 7 atom stereocenters. The van der Waals surface area contributed by atoms with Crippen molar-refractivity contribution in [1.29, 1.82) is 0 Å². The molecule has 7 aliphatic heterocycles. The second-order valence-electron chi connectivity index (χ2n) is 15.5. The molecule has 2 saturated heterocycles. The molecule has 0 aromatic heterocycles. The summed E-state index contributed by atoms with van der Waals surface area (Å²) in [7, 11) is 4.99. The molecule has 7 aliphatic rings. The van der Waals surface area contributed by atoms with Gasteiger partial charge in [0, 0.05) is 47.5 Å². The predicted molar refractivity (Wildman–Crippen MR) is 204 cm³/mol. The van der Waals surface area contributed by atoms with E-state index in [2.05, 4.69) is 9.80 Å². The number of ether oxygens (including phenoxy) is 6. The molecule has 56 heavy (non-hydrogen) atoms. The second kappa shape index (κ2) is 13.3. The minimum absolute atomic E-state index is 0.0105. The summed E-state index contributed by atoms with van der Waals surface area (Å²) in [6.45, 7) is 7.93. The number of hydrogen-bond acceptors (Lipinski definition) is 15. The molecule has 0 radical (unpaired) electrons. The maximum absolute atomic E-state index is 15.1. The number of carbonyl (C=O) groups excluding carboxylic acids is 2. The van der Waals surface area contributed by atoms with E-state index in [9.17, 15) is 20.1 Å². The van der Waals surface area contributed by atoms with Gasteiger partial charge < -0.3 is 43.7 Å². The van der Waals surface area contributed by atoms with Gasteiger partial charge in [-0.1, -0.05) is 13.0 Å². The number of rotatable bonds is 4. The summed E-state index contributed by atoms with van der Waals surface area (Å²) >= 11 is 1.51. The van der Waals surface area contributed by atoms with Gasteiger partial charge in [-0.3, -0.25) is 19.5 Å². The highest BCUT2D eigenvalue weighted by Crippen LogP contribution is 2.65. The third-order valence-corrected chi connectivity index (χ3v) is 14.4. The minimum Gasteiger partial charge on any atom is -0.504 e. The number of thioether (sulfide) groups is 1. The Balaban J connectivity index is 1.34. The number of phenols is 2. The molecule has 10 rings (SSSR count). The third-order valence-electron chi connectivity index (χ3n) is 13.0. The summed E-state index contributed by atoms with van der Waals surface area (Å²) in [6.07, 6.45) is 0.00794. The molecule has 4 bridgehead atoms. The topological polar surface area (TPSA) is 160 Å². The number of esters is 2. The van der Waals surface area contributed by atoms with Crippen LogP contribution >= 0.6 is 11.8 Å². The van der Waals surface area contributed by atoms with E-state index in [-0.39, 0.29) is 42.4 Å². The van der Waals surface area contributed by atoms with Crippen molar-refractivity contribution in [2.24, 2.45) is 0 Å². The van der Waals surface area contributed by atoms with Gasteiger partial charge in [0.1, 0.15) is 18.6 Å². The molecule has 3 aromatic carbocycles. The Morgan fingerprint density at radius 3 is 2.50 bits per heavy atom. The van der Waals surface area contributed by atoms with Gasteiger partial charge in [-0.15, -0.1) is 11.8 Å². The van der Waals surface area contributed by atoms with Crippen molar-refractivity contribution >= 4 is 23.7 Å². The number of piperazine rings is 1. The standard InChI is InChI=1S/C41H47N3O11S/c1-8-43-10-9-21-13-26(46)27(50-6)14-23(21)41(43)16-56-38-30-29(37-36(53-17-54-37)19(3)35(30)55-20(4)45)25(15-52-40(41)49)44-32(38)31-28-22(12-24(39(44)48)42(31)5)11-18(2)34(51-7)33(28)47/h11,13-14,24-25,31-32,38-39,46-48H,8-10,12,15-17H2,1-7H3/t24-,25-,31+,32?,38+,39-,41+/m0/s1. The van der Waals surface area contributed by atoms with E-state index >= 15 is 4.79 Å². The number of aryl methyl sites for hydroxylation is 1. The molecule has 1 unspecified atom stereocenters. The molecule has 298 valence electrons. The van der Waals surface area contributed by atoms with E-state index < -0.39 is 47.1 Å². The number of fused-ring (bicyclic) bond motifs is 9. The van der Waals surface area contributed by atoms with Gasteiger partial charge in [0.05, 0.1) is 37.6 Å². The highest BCUT2D eigenvalue weighted by Gasteiger charge is 2.62. The highest BCUT2D eigenvalue weighted by atomic mass is 32.2. The summed E-state index contributed by atoms with van der Waals surface area (Å²) in [6, 6.07) is 3.23. The number of aromatic hydroxyl groups is 2. The lowest BCUT2D eigenvalue weighted by Gasteiger charge is -2.62. The maximum atomic E-state index is 15.1. The maximum Gasteiger partial charge on any atom is 0.332 e. The molecule has 0 saturated carbocycles. The Hall–Kier alpha value is -4.41. The van der Waals surface area contributed by atoms with E-state index in [0.717, 1.165) is 16.7 Å². The number of benzene rings is 3. The Morgan fingerprint density at radius 1 is 1.02 bits per heavy atom. The lowest BCUT2D eigenvalue weighted by Crippen LogP contribution is -2.70. The first-order valence-electron chi connectivity index (χ1n) is 19.0. The van der Waals surface area contributed by atoms with Crippen LogP contribution in [0.3, 0.4) is 0 Å². The molecule has 3 N–H and O–H groups in total. The van der Waals surface area contributed by atoms with Gasteiger partial charge in [-0.2, -0.15) is 0 Å². The molecule has 2 fully saturated rings. The average molecular weight is 790 g/mol. The molecule has 0 aliphatic carbocycles. The summed E-state index contributed by atoms with van der Waals surface area (Å²) in [5, 5.41) is 35.0. The molecular formula is C41H47N3O11S. The van der Waals surface area contributed by atoms with Gasteiger partial charge in [-0.25, -0.2) is 4.79 Å². The predicted octanol–water partition coefficient (Wildman–Crippen LogP) is 4.15. The largest absolute Gasteiger partial charge is 0.504 e. The van der Waals surface area contributed by atoms with Gasteiger partial charge in [0.25, 0.3) is 0 Å². The molecule has 1 spiro atoms. The summed E-state index contributed by atoms with van der Waals surface area (Å²) < 4.78 is 36.3. The highest BCUT2D eigenvalue weighted by molar-refractivity contribution is 7.99. The van der Waals surface area contributed by atoms with Gasteiger partial charge >= 0.3 is 11.9 Å². The summed E-state index contributed by atoms with van der Waals surface area (Å²) in [4.78, 5) is 34.3. The lowest BCUT2D eigenvalue weighted by molar-refractivity contribution is -0.188. The number of likely N-dealkylation sites (N-methyl/N-ethyl adjacent to an activating group) is 2. The minimum atomic E-state index is -1.31. The number of carbonyl (C=O) groups is 2. The normalized spacial score (nSPS) is 29.2. The van der Waals surface area contributed by atoms with Crippen LogP contribution in [0.5, 0.6) is 40.2 Å². The van der Waals surface area contributed by atoms with E-state index in [0.29, 0.717) is 76.7 Å². The number of phenolic OH excluding ortho intramolecular Hbond substituents is 2. The van der Waals surface area contributed by atoms with Crippen molar-refractivity contribution in [3.05, 3.63) is 62.7 Å². The second-order valence-corrected chi connectivity index (χ2v) is 16.7. The monoisotopic (exact) mass is 789 g/mol. The van der Waals surface area contributed by atoms with Crippen LogP contribution in [0.15, 0.2) is 18.2 Å². The Bertz CT molecular complexity index is 2180. The van der Waals surface area contributed by atoms with Crippen LogP contribution in [0.2, 0.25) is 0 Å². The number of aliphatic hydroxyl groups excluding tert-OH is 1. The fraction of sp³-hybridized carbons (Fsp3) is 0.512. The van der Waals surface area contributed by atoms with Crippen LogP contribution in [0, 0.1) is 13.8 Å². The van der Waals surface area contributed by atoms with Crippen molar-refractivity contribution in [3.63, 3.8) is 0 Å². The third kappa shape index (κ3) is 4.96. The van der Waals surface area contributed by atoms with Crippen molar-refractivity contribution in [2.75, 3.05) is 53.5 Å². The van der Waals surface area contributed by atoms with E-state index in [1.54, 1.807) is 19.2 Å². The zero-order valence-corrected chi connectivity index (χ0v) is 33.3. The zero-order valence-electron chi connectivity index (χ0n) is 32.5. The number of aliphatic hydroxyl groups is 1. The van der Waals surface area contributed by atoms with Crippen molar-refractivity contribution in [2.45, 2.75) is 81.7 Å². The fourth-order valence-corrected chi connectivity index (χ4v) is 12.4. The van der Waals surface area contributed by atoms with Crippen LogP contribution < -0.4 is 23.7 Å². The Kier molecular flexibility index (Phi) is 8.85. The first kappa shape index (κ1) is 37.2. The van der Waals surface area contributed by atoms with Crippen LogP contribution in [0.4, 0.5) is 0 Å². The van der Waals surface area contributed by atoms with Crippen LogP contribution in [0.25, 0.3) is 0 Å². The molecule has 3 aromatic rings. The van der Waals surface area contributed by atoms with Gasteiger partial charge in [0.15, 0.2) is 40.0 Å². The first-order chi connectivity index (χ1) is 26.9. The van der Waals surface area contributed by atoms with Crippen molar-refractivity contribution in [1.82, 2.24) is 14.7 Å². The SMILES string of the molecule is CCN1CCc2cc(O)c(OC)cc2[C@@]12CS[C@@H]1c3c(OC(C)=O)c(C)c4c(c3[C@H](COC2=O)N2C1[C@H]1c3c(cc(C)c(OC)c3O)C[C@@H]([C@@H]2O)N1C)OCO4. The van der Waals surface area contributed by atoms with Crippen LogP contribution in [-0.4, -0.2) is 114 Å². The smallest absolute Gasteiger partial charge is 0.332 e. The van der Waals surface area contributed by atoms with E-state index in [1.165, 1.54) is 25.8 Å². The number of hydrogen-bond donors (Lipinski definition) is 3.